The van der Waals surface area contributed by atoms with Crippen molar-refractivity contribution in [3.63, 3.8) is 0 Å². The summed E-state index contributed by atoms with van der Waals surface area (Å²) in [4.78, 5) is 16.4. The van der Waals surface area contributed by atoms with E-state index in [-0.39, 0.29) is 28.9 Å². The van der Waals surface area contributed by atoms with Gasteiger partial charge in [0.25, 0.3) is 0 Å². The van der Waals surface area contributed by atoms with Gasteiger partial charge in [0.05, 0.1) is 34.9 Å². The highest BCUT2D eigenvalue weighted by Crippen LogP contribution is 2.31. The van der Waals surface area contributed by atoms with Crippen LogP contribution in [0.3, 0.4) is 0 Å². The summed E-state index contributed by atoms with van der Waals surface area (Å²) in [5, 5.41) is 10.4. The molecule has 0 radical (unpaired) electrons. The van der Waals surface area contributed by atoms with E-state index in [0.717, 1.165) is 0 Å². The molecule has 1 N–H and O–H groups in total. The zero-order chi connectivity index (χ0) is 20.6. The number of aromatic nitrogens is 1. The fourth-order valence-corrected chi connectivity index (χ4v) is 4.95. The van der Waals surface area contributed by atoms with Gasteiger partial charge in [-0.2, -0.15) is 4.31 Å². The summed E-state index contributed by atoms with van der Waals surface area (Å²) in [7, 11) is -3.75. The van der Waals surface area contributed by atoms with E-state index in [0.29, 0.717) is 35.0 Å². The van der Waals surface area contributed by atoms with Crippen LogP contribution in [0, 0.1) is 0 Å². The van der Waals surface area contributed by atoms with E-state index < -0.39 is 16.0 Å². The molecule has 1 aliphatic heterocycles. The van der Waals surface area contributed by atoms with Crippen molar-refractivity contribution in [3.8, 4) is 11.3 Å². The summed E-state index contributed by atoms with van der Waals surface area (Å²) in [6.45, 7) is 1.18. The fourth-order valence-electron chi connectivity index (χ4n) is 3.29. The number of morpholine rings is 1. The number of nitrogens with zero attached hydrogens (tertiary/aromatic N) is 2. The molecule has 3 aromatic rings. The molecule has 1 fully saturated rings. The number of carbonyl (C=O) groups is 1. The lowest BCUT2D eigenvalue weighted by molar-refractivity contribution is 0.0699. The van der Waals surface area contributed by atoms with Crippen LogP contribution in [-0.4, -0.2) is 55.1 Å². The molecule has 0 bridgehead atoms. The van der Waals surface area contributed by atoms with Gasteiger partial charge in [-0.05, 0) is 30.3 Å². The fraction of sp³-hybridized carbons (Fsp3) is 0.200. The van der Waals surface area contributed by atoms with Crippen molar-refractivity contribution in [3.05, 3.63) is 59.1 Å². The number of pyridine rings is 1. The van der Waals surface area contributed by atoms with Gasteiger partial charge >= 0.3 is 5.97 Å². The number of hydrogen-bond acceptors (Lipinski definition) is 5. The van der Waals surface area contributed by atoms with Crippen molar-refractivity contribution in [1.29, 1.82) is 0 Å². The summed E-state index contributed by atoms with van der Waals surface area (Å²) >= 11 is 6.23. The molecule has 29 heavy (non-hydrogen) atoms. The van der Waals surface area contributed by atoms with Crippen LogP contribution in [0.4, 0.5) is 0 Å². The zero-order valence-electron chi connectivity index (χ0n) is 15.2. The Hall–Kier alpha value is -2.52. The molecule has 0 spiro atoms. The largest absolute Gasteiger partial charge is 0.478 e. The number of halogens is 1. The lowest BCUT2D eigenvalue weighted by atomic mass is 10.0. The van der Waals surface area contributed by atoms with Crippen LogP contribution in [0.15, 0.2) is 53.4 Å². The van der Waals surface area contributed by atoms with Crippen molar-refractivity contribution in [1.82, 2.24) is 9.29 Å². The average molecular weight is 433 g/mol. The number of rotatable bonds is 4. The molecule has 4 rings (SSSR count). The Morgan fingerprint density at radius 3 is 2.52 bits per heavy atom. The van der Waals surface area contributed by atoms with Crippen molar-refractivity contribution in [2.75, 3.05) is 26.3 Å². The quantitative estimate of drug-likeness (QED) is 0.679. The monoisotopic (exact) mass is 432 g/mol. The van der Waals surface area contributed by atoms with Crippen LogP contribution in [0.25, 0.3) is 22.2 Å². The van der Waals surface area contributed by atoms with Crippen molar-refractivity contribution in [2.24, 2.45) is 0 Å². The number of hydrogen-bond donors (Lipinski definition) is 1. The Labute approximate surface area is 172 Å². The number of carboxylic acids is 1. The van der Waals surface area contributed by atoms with Gasteiger partial charge < -0.3 is 9.84 Å². The number of benzene rings is 2. The summed E-state index contributed by atoms with van der Waals surface area (Å²) < 4.78 is 32.4. The van der Waals surface area contributed by atoms with Crippen molar-refractivity contribution < 1.29 is 23.1 Å². The summed E-state index contributed by atoms with van der Waals surface area (Å²) in [6.07, 6.45) is 0. The normalized spacial score (nSPS) is 15.5. The second kappa shape index (κ2) is 7.72. The van der Waals surface area contributed by atoms with Crippen LogP contribution < -0.4 is 0 Å². The molecule has 9 heteroatoms. The lowest BCUT2D eigenvalue weighted by Crippen LogP contribution is -2.40. The first kappa shape index (κ1) is 19.8. The minimum absolute atomic E-state index is 0.0293. The SMILES string of the molecule is O=C(O)c1cc(-c2ccccc2Cl)nc2ccc(S(=O)(=O)N3CCOCC3)cc12. The van der Waals surface area contributed by atoms with Crippen LogP contribution >= 0.6 is 11.6 Å². The summed E-state index contributed by atoms with van der Waals surface area (Å²) in [5.41, 5.74) is 1.34. The molecule has 1 saturated heterocycles. The third-order valence-corrected chi connectivity index (χ3v) is 6.99. The molecule has 1 aliphatic rings. The molecule has 150 valence electrons. The first-order valence-electron chi connectivity index (χ1n) is 8.89. The van der Waals surface area contributed by atoms with E-state index in [9.17, 15) is 18.3 Å². The van der Waals surface area contributed by atoms with Gasteiger partial charge in [0.1, 0.15) is 0 Å². The van der Waals surface area contributed by atoms with E-state index in [4.69, 9.17) is 16.3 Å². The van der Waals surface area contributed by atoms with E-state index in [1.165, 1.54) is 28.6 Å². The van der Waals surface area contributed by atoms with Gasteiger partial charge in [0.2, 0.25) is 10.0 Å². The first-order chi connectivity index (χ1) is 13.9. The second-order valence-corrected chi connectivity index (χ2v) is 8.88. The predicted octanol–water partition coefficient (Wildman–Crippen LogP) is 3.27. The van der Waals surface area contributed by atoms with Crippen LogP contribution in [0.5, 0.6) is 0 Å². The van der Waals surface area contributed by atoms with Gasteiger partial charge in [-0.3, -0.25) is 0 Å². The molecule has 2 aromatic carbocycles. The van der Waals surface area contributed by atoms with Crippen molar-refractivity contribution in [2.45, 2.75) is 4.90 Å². The molecule has 7 nitrogen and oxygen atoms in total. The number of aromatic carboxylic acids is 1. The Balaban J connectivity index is 1.87. The Morgan fingerprint density at radius 2 is 1.83 bits per heavy atom. The summed E-state index contributed by atoms with van der Waals surface area (Å²) in [5.74, 6) is -1.17. The van der Waals surface area contributed by atoms with Gasteiger partial charge in [-0.15, -0.1) is 0 Å². The molecule has 1 aromatic heterocycles. The molecule has 2 heterocycles. The highest BCUT2D eigenvalue weighted by molar-refractivity contribution is 7.89. The molecular formula is C20H17ClN2O5S. The molecule has 0 unspecified atom stereocenters. The third kappa shape index (κ3) is 3.72. The number of ether oxygens (including phenoxy) is 1. The maximum absolute atomic E-state index is 12.9. The minimum Gasteiger partial charge on any atom is -0.478 e. The molecule has 0 aliphatic carbocycles. The second-order valence-electron chi connectivity index (χ2n) is 6.54. The van der Waals surface area contributed by atoms with Crippen LogP contribution in [0.2, 0.25) is 5.02 Å². The van der Waals surface area contributed by atoms with Crippen molar-refractivity contribution >= 4 is 38.5 Å². The third-order valence-electron chi connectivity index (χ3n) is 4.77. The highest BCUT2D eigenvalue weighted by atomic mass is 35.5. The van der Waals surface area contributed by atoms with E-state index in [2.05, 4.69) is 4.98 Å². The lowest BCUT2D eigenvalue weighted by Gasteiger charge is -2.26. The van der Waals surface area contributed by atoms with E-state index in [1.807, 2.05) is 0 Å². The number of carboxylic acid groups (broad SMARTS) is 1. The smallest absolute Gasteiger partial charge is 0.336 e. The Kier molecular flexibility index (Phi) is 5.26. The Morgan fingerprint density at radius 1 is 1.10 bits per heavy atom. The van der Waals surface area contributed by atoms with Gasteiger partial charge in [0.15, 0.2) is 0 Å². The minimum atomic E-state index is -3.75. The van der Waals surface area contributed by atoms with E-state index >= 15 is 0 Å². The Bertz CT molecular complexity index is 1210. The topological polar surface area (TPSA) is 96.8 Å². The number of fused-ring (bicyclic) bond motifs is 1. The number of sulfonamides is 1. The van der Waals surface area contributed by atoms with E-state index in [1.54, 1.807) is 24.3 Å². The zero-order valence-corrected chi connectivity index (χ0v) is 16.8. The van der Waals surface area contributed by atoms with Gasteiger partial charge in [-0.25, -0.2) is 18.2 Å². The molecule has 0 saturated carbocycles. The molecule has 0 atom stereocenters. The first-order valence-corrected chi connectivity index (χ1v) is 10.7. The van der Waals surface area contributed by atoms with Crippen LogP contribution in [-0.2, 0) is 14.8 Å². The average Bonchev–Trinajstić information content (AvgIpc) is 2.73. The van der Waals surface area contributed by atoms with Crippen LogP contribution in [0.1, 0.15) is 10.4 Å². The maximum atomic E-state index is 12.9. The highest BCUT2D eigenvalue weighted by Gasteiger charge is 2.27. The summed E-state index contributed by atoms with van der Waals surface area (Å²) in [6, 6.07) is 12.8. The molecule has 0 amide bonds. The van der Waals surface area contributed by atoms with Gasteiger partial charge in [0, 0.05) is 29.1 Å². The molecular weight excluding hydrogens is 416 g/mol. The van der Waals surface area contributed by atoms with Gasteiger partial charge in [-0.1, -0.05) is 29.8 Å². The predicted molar refractivity (Wildman–Crippen MR) is 109 cm³/mol. The standard InChI is InChI=1S/C20H17ClN2O5S/c21-17-4-2-1-3-14(17)19-12-16(20(24)25)15-11-13(5-6-18(15)22-19)29(26,27)23-7-9-28-10-8-23/h1-6,11-12H,7-10H2,(H,24,25). The maximum Gasteiger partial charge on any atom is 0.336 e.